The SMILES string of the molecule is COc1cc(CCNC(=O)[C@H](C)N)ccc1OC(F)F. The van der Waals surface area contributed by atoms with Crippen molar-refractivity contribution in [3.05, 3.63) is 23.8 Å². The fourth-order valence-electron chi connectivity index (χ4n) is 1.55. The molecule has 0 saturated carbocycles. The molecule has 0 radical (unpaired) electrons. The number of nitrogens with two attached hydrogens (primary N) is 1. The number of methoxy groups -OCH3 is 1. The Morgan fingerprint density at radius 3 is 2.65 bits per heavy atom. The lowest BCUT2D eigenvalue weighted by Crippen LogP contribution is -2.39. The summed E-state index contributed by atoms with van der Waals surface area (Å²) in [6, 6.07) is 4.08. The summed E-state index contributed by atoms with van der Waals surface area (Å²) in [5.41, 5.74) is 6.23. The molecule has 5 nitrogen and oxygen atoms in total. The summed E-state index contributed by atoms with van der Waals surface area (Å²) >= 11 is 0. The first-order valence-corrected chi connectivity index (χ1v) is 6.09. The van der Waals surface area contributed by atoms with Gasteiger partial charge in [-0.05, 0) is 31.0 Å². The number of nitrogens with one attached hydrogen (secondary N) is 1. The lowest BCUT2D eigenvalue weighted by molar-refractivity contribution is -0.121. The van der Waals surface area contributed by atoms with Crippen molar-refractivity contribution < 1.29 is 23.0 Å². The Morgan fingerprint density at radius 1 is 1.40 bits per heavy atom. The second-order valence-corrected chi connectivity index (χ2v) is 4.19. The van der Waals surface area contributed by atoms with E-state index in [2.05, 4.69) is 10.1 Å². The first-order chi connectivity index (χ1) is 9.43. The van der Waals surface area contributed by atoms with Crippen LogP contribution in [-0.4, -0.2) is 32.2 Å². The highest BCUT2D eigenvalue weighted by Gasteiger charge is 2.11. The van der Waals surface area contributed by atoms with E-state index in [1.54, 1.807) is 19.1 Å². The lowest BCUT2D eigenvalue weighted by atomic mass is 10.1. The Hall–Kier alpha value is -1.89. The summed E-state index contributed by atoms with van der Waals surface area (Å²) in [4.78, 5) is 11.3. The van der Waals surface area contributed by atoms with E-state index in [1.807, 2.05) is 0 Å². The van der Waals surface area contributed by atoms with Crippen LogP contribution in [0.15, 0.2) is 18.2 Å². The van der Waals surface area contributed by atoms with Gasteiger partial charge in [-0.3, -0.25) is 4.79 Å². The first-order valence-electron chi connectivity index (χ1n) is 6.09. The highest BCUT2D eigenvalue weighted by molar-refractivity contribution is 5.80. The zero-order valence-electron chi connectivity index (χ0n) is 11.4. The molecule has 0 bridgehead atoms. The smallest absolute Gasteiger partial charge is 0.387 e. The molecule has 3 N–H and O–H groups in total. The Kier molecular flexibility index (Phi) is 6.17. The van der Waals surface area contributed by atoms with Crippen LogP contribution in [0.2, 0.25) is 0 Å². The van der Waals surface area contributed by atoms with Crippen LogP contribution in [-0.2, 0) is 11.2 Å². The van der Waals surface area contributed by atoms with Gasteiger partial charge in [0.2, 0.25) is 5.91 Å². The second-order valence-electron chi connectivity index (χ2n) is 4.19. The zero-order valence-corrected chi connectivity index (χ0v) is 11.4. The third-order valence-corrected chi connectivity index (χ3v) is 2.57. The maximum atomic E-state index is 12.2. The van der Waals surface area contributed by atoms with Crippen LogP contribution < -0.4 is 20.5 Å². The van der Waals surface area contributed by atoms with Crippen LogP contribution in [0.5, 0.6) is 11.5 Å². The van der Waals surface area contributed by atoms with Crippen LogP contribution in [0.3, 0.4) is 0 Å². The summed E-state index contributed by atoms with van der Waals surface area (Å²) in [5.74, 6) is -0.0400. The molecular weight excluding hydrogens is 270 g/mol. The molecule has 0 aliphatic rings. The van der Waals surface area contributed by atoms with Crippen LogP contribution in [0, 0.1) is 0 Å². The van der Waals surface area contributed by atoms with Crippen LogP contribution in [0.1, 0.15) is 12.5 Å². The maximum absolute atomic E-state index is 12.2. The molecule has 1 aromatic rings. The fourth-order valence-corrected chi connectivity index (χ4v) is 1.55. The van der Waals surface area contributed by atoms with Gasteiger partial charge in [-0.1, -0.05) is 6.07 Å². The van der Waals surface area contributed by atoms with Gasteiger partial charge in [0.15, 0.2) is 11.5 Å². The average Bonchev–Trinajstić information content (AvgIpc) is 2.39. The Balaban J connectivity index is 2.61. The topological polar surface area (TPSA) is 73.6 Å². The van der Waals surface area contributed by atoms with Gasteiger partial charge in [0.25, 0.3) is 0 Å². The highest BCUT2D eigenvalue weighted by atomic mass is 19.3. The number of rotatable bonds is 7. The number of alkyl halides is 2. The van der Waals surface area contributed by atoms with E-state index in [9.17, 15) is 13.6 Å². The van der Waals surface area contributed by atoms with Gasteiger partial charge in [-0.25, -0.2) is 0 Å². The molecule has 0 heterocycles. The van der Waals surface area contributed by atoms with E-state index in [1.165, 1.54) is 13.2 Å². The zero-order chi connectivity index (χ0) is 15.1. The number of amides is 1. The van der Waals surface area contributed by atoms with Gasteiger partial charge in [0.1, 0.15) is 0 Å². The van der Waals surface area contributed by atoms with Gasteiger partial charge >= 0.3 is 6.61 Å². The molecule has 20 heavy (non-hydrogen) atoms. The molecule has 0 aliphatic heterocycles. The second kappa shape index (κ2) is 7.64. The molecule has 112 valence electrons. The van der Waals surface area contributed by atoms with Crippen LogP contribution in [0.4, 0.5) is 8.78 Å². The van der Waals surface area contributed by atoms with E-state index < -0.39 is 12.7 Å². The third kappa shape index (κ3) is 5.00. The quantitative estimate of drug-likeness (QED) is 0.793. The molecule has 1 amide bonds. The van der Waals surface area contributed by atoms with Crippen molar-refractivity contribution in [3.8, 4) is 11.5 Å². The number of carbonyl (C=O) groups is 1. The molecule has 0 fully saturated rings. The predicted molar refractivity (Wildman–Crippen MR) is 70.0 cm³/mol. The van der Waals surface area contributed by atoms with Crippen molar-refractivity contribution in [2.45, 2.75) is 26.0 Å². The molecule has 0 saturated heterocycles. The maximum Gasteiger partial charge on any atom is 0.387 e. The number of carbonyl (C=O) groups excluding carboxylic acids is 1. The molecule has 1 rings (SSSR count). The average molecular weight is 288 g/mol. The number of ether oxygens (including phenoxy) is 2. The molecule has 0 spiro atoms. The van der Waals surface area contributed by atoms with Crippen molar-refractivity contribution in [2.75, 3.05) is 13.7 Å². The fraction of sp³-hybridized carbons (Fsp3) is 0.462. The van der Waals surface area contributed by atoms with Crippen molar-refractivity contribution in [1.82, 2.24) is 5.32 Å². The normalized spacial score (nSPS) is 12.1. The van der Waals surface area contributed by atoms with Gasteiger partial charge in [0.05, 0.1) is 13.2 Å². The summed E-state index contributed by atoms with van der Waals surface area (Å²) in [6.45, 7) is -0.909. The molecule has 0 aromatic heterocycles. The van der Waals surface area contributed by atoms with Gasteiger partial charge in [-0.2, -0.15) is 8.78 Å². The molecule has 0 unspecified atom stereocenters. The molecular formula is C13H18F2N2O3. The van der Waals surface area contributed by atoms with Crippen molar-refractivity contribution in [3.63, 3.8) is 0 Å². The lowest BCUT2D eigenvalue weighted by Gasteiger charge is -2.12. The predicted octanol–water partition coefficient (Wildman–Crippen LogP) is 1.30. The number of halogens is 2. The minimum absolute atomic E-state index is 0.0223. The number of benzene rings is 1. The van der Waals surface area contributed by atoms with Crippen molar-refractivity contribution >= 4 is 5.91 Å². The minimum Gasteiger partial charge on any atom is -0.493 e. The van der Waals surface area contributed by atoms with Gasteiger partial charge < -0.3 is 20.5 Å². The molecule has 7 heteroatoms. The monoisotopic (exact) mass is 288 g/mol. The van der Waals surface area contributed by atoms with E-state index in [0.717, 1.165) is 5.56 Å². The van der Waals surface area contributed by atoms with Gasteiger partial charge in [-0.15, -0.1) is 0 Å². The summed E-state index contributed by atoms with van der Waals surface area (Å²) in [6.07, 6.45) is 0.532. The van der Waals surface area contributed by atoms with Crippen molar-refractivity contribution in [1.29, 1.82) is 0 Å². The first kappa shape index (κ1) is 16.2. The number of hydrogen-bond acceptors (Lipinski definition) is 4. The standard InChI is InChI=1S/C13H18F2N2O3/c1-8(16)12(18)17-6-5-9-3-4-10(20-13(14)15)11(7-9)19-2/h3-4,7-8,13H,5-6,16H2,1-2H3,(H,17,18)/t8-/m0/s1. The molecule has 0 aliphatic carbocycles. The summed E-state index contributed by atoms with van der Waals surface area (Å²) in [7, 11) is 1.37. The minimum atomic E-state index is -2.90. The Labute approximate surface area is 116 Å². The van der Waals surface area contributed by atoms with E-state index in [4.69, 9.17) is 10.5 Å². The highest BCUT2D eigenvalue weighted by Crippen LogP contribution is 2.29. The third-order valence-electron chi connectivity index (χ3n) is 2.57. The van der Waals surface area contributed by atoms with E-state index in [0.29, 0.717) is 13.0 Å². The van der Waals surface area contributed by atoms with E-state index in [-0.39, 0.29) is 17.4 Å². The summed E-state index contributed by atoms with van der Waals surface area (Å²) < 4.78 is 33.6. The van der Waals surface area contributed by atoms with E-state index >= 15 is 0 Å². The summed E-state index contributed by atoms with van der Waals surface area (Å²) in [5, 5.41) is 2.66. The largest absolute Gasteiger partial charge is 0.493 e. The molecule has 1 aromatic carbocycles. The number of hydrogen-bond donors (Lipinski definition) is 2. The van der Waals surface area contributed by atoms with Crippen LogP contribution in [0.25, 0.3) is 0 Å². The van der Waals surface area contributed by atoms with Crippen molar-refractivity contribution in [2.24, 2.45) is 5.73 Å². The Morgan fingerprint density at radius 2 is 2.10 bits per heavy atom. The Bertz CT molecular complexity index is 453. The molecule has 1 atom stereocenters. The van der Waals surface area contributed by atoms with Gasteiger partial charge in [0, 0.05) is 6.54 Å². The van der Waals surface area contributed by atoms with Crippen LogP contribution >= 0.6 is 0 Å².